The lowest BCUT2D eigenvalue weighted by Gasteiger charge is -2.41. The lowest BCUT2D eigenvalue weighted by molar-refractivity contribution is 0.0218. The minimum atomic E-state index is -0.875. The van der Waals surface area contributed by atoms with Crippen LogP contribution < -0.4 is 10.6 Å². The first-order valence-corrected chi connectivity index (χ1v) is 11.2. The largest absolute Gasteiger partial charge is 0.507 e. The molecule has 1 atom stereocenters. The first-order chi connectivity index (χ1) is 16.4. The van der Waals surface area contributed by atoms with Gasteiger partial charge in [0.15, 0.2) is 5.82 Å². The van der Waals surface area contributed by atoms with Crippen molar-refractivity contribution < 1.29 is 23.4 Å². The zero-order valence-electron chi connectivity index (χ0n) is 20.2. The van der Waals surface area contributed by atoms with Gasteiger partial charge in [-0.3, -0.25) is 4.57 Å². The molecule has 1 fully saturated rings. The predicted octanol–water partition coefficient (Wildman–Crippen LogP) is 3.42. The highest BCUT2D eigenvalue weighted by atomic mass is 19.1. The fraction of sp³-hybridized carbons (Fsp3) is 0.417. The summed E-state index contributed by atoms with van der Waals surface area (Å²) in [7, 11) is 1.43. The average molecular weight is 488 g/mol. The number of pyridine rings is 1. The fourth-order valence-corrected chi connectivity index (χ4v) is 4.12. The summed E-state index contributed by atoms with van der Waals surface area (Å²) in [6.07, 6.45) is -0.437. The SMILES string of the molecule is C[C@H]1CN(C(=O)OC(C)(C)C)CCN1c1nc(=O)n(C)c2nc(-c3c(O)cccc3F)c(F)cc12. The van der Waals surface area contributed by atoms with Crippen molar-refractivity contribution in [1.82, 2.24) is 19.4 Å². The van der Waals surface area contributed by atoms with Crippen LogP contribution >= 0.6 is 0 Å². The van der Waals surface area contributed by atoms with Crippen molar-refractivity contribution in [1.29, 1.82) is 0 Å². The summed E-state index contributed by atoms with van der Waals surface area (Å²) in [5, 5.41) is 10.4. The Kier molecular flexibility index (Phi) is 6.12. The molecule has 0 aliphatic carbocycles. The standard InChI is InChI=1S/C24H27F2N5O4/c1-13-12-30(23(34)35-24(2,3)4)9-10-31(13)21-14-11-16(26)19(18-15(25)7-6-8-17(18)32)27-20(14)29(5)22(33)28-21/h6-8,11,13,32H,9-10,12H2,1-5H3/t13-/m0/s1. The number of phenols is 1. The van der Waals surface area contributed by atoms with Crippen molar-refractivity contribution in [2.24, 2.45) is 7.05 Å². The van der Waals surface area contributed by atoms with Crippen LogP contribution in [0.2, 0.25) is 0 Å². The van der Waals surface area contributed by atoms with Crippen LogP contribution in [0.1, 0.15) is 27.7 Å². The van der Waals surface area contributed by atoms with Gasteiger partial charge in [-0.15, -0.1) is 0 Å². The quantitative estimate of drug-likeness (QED) is 0.591. The van der Waals surface area contributed by atoms with Gasteiger partial charge in [0.1, 0.15) is 34.3 Å². The smallest absolute Gasteiger partial charge is 0.410 e. The lowest BCUT2D eigenvalue weighted by Crippen LogP contribution is -2.55. The van der Waals surface area contributed by atoms with E-state index in [1.165, 1.54) is 19.2 Å². The number of piperazine rings is 1. The molecular weight excluding hydrogens is 460 g/mol. The molecule has 1 aliphatic rings. The Bertz CT molecular complexity index is 1350. The number of nitrogens with zero attached hydrogens (tertiary/aromatic N) is 5. The van der Waals surface area contributed by atoms with Gasteiger partial charge >= 0.3 is 11.8 Å². The van der Waals surface area contributed by atoms with Crippen molar-refractivity contribution in [3.63, 3.8) is 0 Å². The van der Waals surface area contributed by atoms with Gasteiger partial charge in [-0.2, -0.15) is 4.98 Å². The molecule has 1 amide bonds. The molecule has 186 valence electrons. The van der Waals surface area contributed by atoms with E-state index in [1.807, 2.05) is 11.8 Å². The second-order valence-corrected chi connectivity index (χ2v) is 9.57. The van der Waals surface area contributed by atoms with Gasteiger partial charge in [0.05, 0.1) is 10.9 Å². The molecular formula is C24H27F2N5O4. The van der Waals surface area contributed by atoms with E-state index in [0.717, 1.165) is 16.7 Å². The summed E-state index contributed by atoms with van der Waals surface area (Å²) in [6, 6.07) is 4.48. The molecule has 9 nitrogen and oxygen atoms in total. The Morgan fingerprint density at radius 3 is 2.51 bits per heavy atom. The number of phenolic OH excluding ortho intramolecular Hbond substituents is 1. The maximum absolute atomic E-state index is 15.2. The van der Waals surface area contributed by atoms with Crippen LogP contribution in [0.5, 0.6) is 5.75 Å². The number of rotatable bonds is 2. The van der Waals surface area contributed by atoms with E-state index in [1.54, 1.807) is 25.7 Å². The number of ether oxygens (including phenoxy) is 1. The Labute approximate surface area is 200 Å². The third kappa shape index (κ3) is 4.62. The van der Waals surface area contributed by atoms with Gasteiger partial charge in [-0.25, -0.2) is 23.4 Å². The molecule has 1 N–H and O–H groups in total. The van der Waals surface area contributed by atoms with E-state index in [2.05, 4.69) is 9.97 Å². The van der Waals surface area contributed by atoms with Crippen molar-refractivity contribution >= 4 is 22.9 Å². The molecule has 2 aromatic heterocycles. The number of aromatic nitrogens is 3. The highest BCUT2D eigenvalue weighted by molar-refractivity contribution is 5.90. The molecule has 0 bridgehead atoms. The van der Waals surface area contributed by atoms with Crippen LogP contribution in [0.25, 0.3) is 22.3 Å². The number of amides is 1. The van der Waals surface area contributed by atoms with Gasteiger partial charge in [-0.05, 0) is 45.9 Å². The average Bonchev–Trinajstić information content (AvgIpc) is 2.76. The van der Waals surface area contributed by atoms with Gasteiger partial charge in [0, 0.05) is 32.7 Å². The second-order valence-electron chi connectivity index (χ2n) is 9.57. The molecule has 0 spiro atoms. The van der Waals surface area contributed by atoms with Gasteiger partial charge in [-0.1, -0.05) is 6.07 Å². The van der Waals surface area contributed by atoms with Crippen molar-refractivity contribution in [2.45, 2.75) is 39.3 Å². The first-order valence-electron chi connectivity index (χ1n) is 11.2. The summed E-state index contributed by atoms with van der Waals surface area (Å²) in [4.78, 5) is 36.9. The number of carbonyl (C=O) groups excluding carboxylic acids is 1. The summed E-state index contributed by atoms with van der Waals surface area (Å²) in [5.74, 6) is -1.97. The van der Waals surface area contributed by atoms with E-state index >= 15 is 4.39 Å². The van der Waals surface area contributed by atoms with Crippen molar-refractivity contribution in [2.75, 3.05) is 24.5 Å². The number of benzene rings is 1. The van der Waals surface area contributed by atoms with Crippen LogP contribution in [-0.2, 0) is 11.8 Å². The first kappa shape index (κ1) is 24.4. The third-order valence-corrected chi connectivity index (χ3v) is 5.78. The number of carbonyl (C=O) groups is 1. The third-order valence-electron chi connectivity index (χ3n) is 5.78. The zero-order valence-corrected chi connectivity index (χ0v) is 20.2. The maximum atomic E-state index is 15.2. The van der Waals surface area contributed by atoms with Crippen molar-refractivity contribution in [3.05, 3.63) is 46.4 Å². The number of hydrogen-bond donors (Lipinski definition) is 1. The van der Waals surface area contributed by atoms with Crippen LogP contribution in [0.3, 0.4) is 0 Å². The Morgan fingerprint density at radius 2 is 1.89 bits per heavy atom. The number of fused-ring (bicyclic) bond motifs is 1. The van der Waals surface area contributed by atoms with E-state index < -0.39 is 46.0 Å². The van der Waals surface area contributed by atoms with E-state index in [9.17, 15) is 19.1 Å². The number of anilines is 1. The van der Waals surface area contributed by atoms with Crippen LogP contribution in [0.15, 0.2) is 29.1 Å². The fourth-order valence-electron chi connectivity index (χ4n) is 4.12. The number of aromatic hydroxyl groups is 1. The Hall–Kier alpha value is -3.76. The van der Waals surface area contributed by atoms with Gasteiger partial charge < -0.3 is 19.6 Å². The predicted molar refractivity (Wildman–Crippen MR) is 126 cm³/mol. The van der Waals surface area contributed by atoms with E-state index in [0.29, 0.717) is 19.6 Å². The Morgan fingerprint density at radius 1 is 1.17 bits per heavy atom. The number of halogens is 2. The van der Waals surface area contributed by atoms with E-state index in [-0.39, 0.29) is 22.9 Å². The normalized spacial score (nSPS) is 16.6. The van der Waals surface area contributed by atoms with Gasteiger partial charge in [0.2, 0.25) is 0 Å². The van der Waals surface area contributed by atoms with E-state index in [4.69, 9.17) is 4.74 Å². The summed E-state index contributed by atoms with van der Waals surface area (Å²) >= 11 is 0. The molecule has 0 unspecified atom stereocenters. The van der Waals surface area contributed by atoms with Crippen LogP contribution in [0, 0.1) is 11.6 Å². The molecule has 11 heteroatoms. The maximum Gasteiger partial charge on any atom is 0.410 e. The molecule has 3 aromatic rings. The molecule has 0 radical (unpaired) electrons. The molecule has 3 heterocycles. The summed E-state index contributed by atoms with van der Waals surface area (Å²) < 4.78 is 36.2. The molecule has 0 saturated carbocycles. The molecule has 4 rings (SSSR count). The second kappa shape index (κ2) is 8.79. The zero-order chi connectivity index (χ0) is 25.7. The lowest BCUT2D eigenvalue weighted by atomic mass is 10.1. The minimum absolute atomic E-state index is 0.0841. The summed E-state index contributed by atoms with van der Waals surface area (Å²) in [6.45, 7) is 8.18. The number of hydrogen-bond acceptors (Lipinski definition) is 7. The molecule has 1 saturated heterocycles. The topological polar surface area (TPSA) is 101 Å². The Balaban J connectivity index is 1.76. The monoisotopic (exact) mass is 487 g/mol. The summed E-state index contributed by atoms with van der Waals surface area (Å²) in [5.41, 5.74) is -1.98. The van der Waals surface area contributed by atoms with Crippen LogP contribution in [-0.4, -0.2) is 61.9 Å². The number of aryl methyl sites for hydroxylation is 1. The van der Waals surface area contributed by atoms with Crippen LogP contribution in [0.4, 0.5) is 19.4 Å². The van der Waals surface area contributed by atoms with Gasteiger partial charge in [0.25, 0.3) is 0 Å². The van der Waals surface area contributed by atoms with Crippen molar-refractivity contribution in [3.8, 4) is 17.0 Å². The highest BCUT2D eigenvalue weighted by Gasteiger charge is 2.32. The molecule has 1 aliphatic heterocycles. The highest BCUT2D eigenvalue weighted by Crippen LogP contribution is 2.35. The minimum Gasteiger partial charge on any atom is -0.507 e. The molecule has 1 aromatic carbocycles. The molecule has 35 heavy (non-hydrogen) atoms.